The molecule has 0 saturated carbocycles. The summed E-state index contributed by atoms with van der Waals surface area (Å²) < 4.78 is 33.3. The van der Waals surface area contributed by atoms with Crippen LogP contribution >= 0.6 is 0 Å². The number of anilines is 1. The van der Waals surface area contributed by atoms with E-state index in [4.69, 9.17) is 0 Å². The Bertz CT molecular complexity index is 1120. The van der Waals surface area contributed by atoms with E-state index < -0.39 is 35.8 Å². The Morgan fingerprint density at radius 1 is 1.16 bits per heavy atom. The van der Waals surface area contributed by atoms with Crippen molar-refractivity contribution in [2.45, 2.75) is 38.5 Å². The fourth-order valence-electron chi connectivity index (χ4n) is 3.70. The summed E-state index contributed by atoms with van der Waals surface area (Å²) >= 11 is 0. The molecule has 1 fully saturated rings. The van der Waals surface area contributed by atoms with Crippen LogP contribution in [0.3, 0.4) is 0 Å². The van der Waals surface area contributed by atoms with Crippen molar-refractivity contribution in [1.82, 2.24) is 10.2 Å². The third-order valence-corrected chi connectivity index (χ3v) is 5.36. The Labute approximate surface area is 181 Å². The number of alkyl halides is 2. The van der Waals surface area contributed by atoms with E-state index in [1.165, 1.54) is 35.2 Å². The Morgan fingerprint density at radius 2 is 1.88 bits per heavy atom. The van der Waals surface area contributed by atoms with Crippen LogP contribution in [0.1, 0.15) is 34.3 Å². The molecule has 32 heavy (non-hydrogen) atoms. The molecular formula is C22H19F2N3O5. The van der Waals surface area contributed by atoms with Crippen molar-refractivity contribution in [1.29, 1.82) is 0 Å². The molecule has 1 unspecified atom stereocenters. The quantitative estimate of drug-likeness (QED) is 0.691. The molecule has 2 heterocycles. The van der Waals surface area contributed by atoms with E-state index in [2.05, 4.69) is 15.4 Å². The van der Waals surface area contributed by atoms with Crippen molar-refractivity contribution < 1.29 is 32.7 Å². The highest BCUT2D eigenvalue weighted by molar-refractivity contribution is 6.07. The highest BCUT2D eigenvalue weighted by atomic mass is 19.3. The molecule has 2 aromatic carbocycles. The van der Waals surface area contributed by atoms with Crippen molar-refractivity contribution in [3.8, 4) is 5.75 Å². The van der Waals surface area contributed by atoms with Gasteiger partial charge in [0.25, 0.3) is 5.91 Å². The van der Waals surface area contributed by atoms with E-state index >= 15 is 0 Å². The van der Waals surface area contributed by atoms with Crippen LogP contribution in [0.5, 0.6) is 5.75 Å². The first-order chi connectivity index (χ1) is 15.2. The molecule has 0 aliphatic carbocycles. The van der Waals surface area contributed by atoms with Crippen molar-refractivity contribution in [3.05, 3.63) is 59.2 Å². The van der Waals surface area contributed by atoms with Crippen LogP contribution in [-0.2, 0) is 20.9 Å². The van der Waals surface area contributed by atoms with Gasteiger partial charge in [0.15, 0.2) is 0 Å². The molecule has 2 aromatic rings. The zero-order valence-corrected chi connectivity index (χ0v) is 17.0. The average Bonchev–Trinajstić information content (AvgIpc) is 3.07. The van der Waals surface area contributed by atoms with Crippen LogP contribution in [0.25, 0.3) is 0 Å². The van der Waals surface area contributed by atoms with Crippen molar-refractivity contribution >= 4 is 29.3 Å². The van der Waals surface area contributed by atoms with Gasteiger partial charge in [-0.15, -0.1) is 0 Å². The summed E-state index contributed by atoms with van der Waals surface area (Å²) in [5.74, 6) is -3.36. The van der Waals surface area contributed by atoms with E-state index in [1.54, 1.807) is 19.1 Å². The Morgan fingerprint density at radius 3 is 2.56 bits per heavy atom. The number of fused-ring (bicyclic) bond motifs is 1. The molecule has 1 saturated heterocycles. The number of piperidine rings is 1. The third-order valence-electron chi connectivity index (χ3n) is 5.36. The zero-order valence-electron chi connectivity index (χ0n) is 17.0. The number of carbonyl (C=O) groups is 4. The van der Waals surface area contributed by atoms with Crippen molar-refractivity contribution in [2.24, 2.45) is 0 Å². The van der Waals surface area contributed by atoms with E-state index in [-0.39, 0.29) is 36.4 Å². The minimum absolute atomic E-state index is 0.0165. The second-order valence-electron chi connectivity index (χ2n) is 7.62. The number of amides is 4. The number of halogens is 2. The van der Waals surface area contributed by atoms with E-state index in [0.29, 0.717) is 5.56 Å². The molecule has 2 N–H and O–H groups in total. The minimum Gasteiger partial charge on any atom is -0.425 e. The number of ether oxygens (including phenoxy) is 1. The lowest BCUT2D eigenvalue weighted by molar-refractivity contribution is -0.187. The first kappa shape index (κ1) is 21.4. The second-order valence-corrected chi connectivity index (χ2v) is 7.62. The van der Waals surface area contributed by atoms with Gasteiger partial charge in [0.05, 0.1) is 0 Å². The van der Waals surface area contributed by atoms with Gasteiger partial charge in [0.1, 0.15) is 11.8 Å². The summed E-state index contributed by atoms with van der Waals surface area (Å²) in [5, 5.41) is 4.32. The van der Waals surface area contributed by atoms with Gasteiger partial charge < -0.3 is 15.0 Å². The van der Waals surface area contributed by atoms with E-state index in [9.17, 15) is 28.0 Å². The van der Waals surface area contributed by atoms with Crippen molar-refractivity contribution in [2.75, 3.05) is 5.32 Å². The summed E-state index contributed by atoms with van der Waals surface area (Å²) in [6.45, 7) is 1.71. The number of hydrogen-bond acceptors (Lipinski definition) is 5. The number of hydrogen-bond donors (Lipinski definition) is 2. The Balaban J connectivity index is 1.52. The van der Waals surface area contributed by atoms with Gasteiger partial charge in [0.2, 0.25) is 11.8 Å². The van der Waals surface area contributed by atoms with Gasteiger partial charge in [-0.1, -0.05) is 23.8 Å². The molecule has 8 nitrogen and oxygen atoms in total. The van der Waals surface area contributed by atoms with E-state index in [0.717, 1.165) is 5.56 Å². The van der Waals surface area contributed by atoms with Crippen LogP contribution in [0.15, 0.2) is 42.5 Å². The van der Waals surface area contributed by atoms with Gasteiger partial charge in [-0.2, -0.15) is 8.78 Å². The van der Waals surface area contributed by atoms with Gasteiger partial charge in [-0.25, -0.2) is 0 Å². The molecule has 10 heteroatoms. The predicted octanol–water partition coefficient (Wildman–Crippen LogP) is 2.37. The summed E-state index contributed by atoms with van der Waals surface area (Å²) in [6, 6.07) is 9.26. The van der Waals surface area contributed by atoms with Crippen LogP contribution in [0.2, 0.25) is 0 Å². The lowest BCUT2D eigenvalue weighted by atomic mass is 10.0. The monoisotopic (exact) mass is 443 g/mol. The molecule has 0 aromatic heterocycles. The summed E-state index contributed by atoms with van der Waals surface area (Å²) in [5.41, 5.74) is 1.36. The summed E-state index contributed by atoms with van der Waals surface area (Å²) in [6.07, 6.45) is -3.92. The fraction of sp³-hybridized carbons (Fsp3) is 0.273. The Kier molecular flexibility index (Phi) is 5.37. The standard InChI is InChI=1S/C22H19F2N3O5/c1-12-5-7-13(8-6-12)32-22(23,24)21(31)25-16-4-2-3-14-15(16)11-27(20(14)30)17-9-10-18(28)26-19(17)29/h2-8,17H,9-11H2,1H3,(H,25,31)(H,26,28,29). The summed E-state index contributed by atoms with van der Waals surface area (Å²) in [7, 11) is 0. The normalized spacial score (nSPS) is 18.3. The van der Waals surface area contributed by atoms with Crippen LogP contribution in [0.4, 0.5) is 14.5 Å². The maximum Gasteiger partial charge on any atom is 0.482 e. The number of nitrogens with one attached hydrogen (secondary N) is 2. The number of nitrogens with zero attached hydrogens (tertiary/aromatic N) is 1. The van der Waals surface area contributed by atoms with Crippen LogP contribution < -0.4 is 15.4 Å². The van der Waals surface area contributed by atoms with Gasteiger partial charge in [-0.3, -0.25) is 24.5 Å². The predicted molar refractivity (Wildman–Crippen MR) is 108 cm³/mol. The summed E-state index contributed by atoms with van der Waals surface area (Å²) in [4.78, 5) is 49.9. The highest BCUT2D eigenvalue weighted by Gasteiger charge is 2.44. The number of rotatable bonds is 5. The number of imide groups is 1. The first-order valence-corrected chi connectivity index (χ1v) is 9.87. The average molecular weight is 443 g/mol. The number of benzene rings is 2. The molecule has 0 radical (unpaired) electrons. The minimum atomic E-state index is -4.16. The van der Waals surface area contributed by atoms with Gasteiger partial charge >= 0.3 is 12.0 Å². The van der Waals surface area contributed by atoms with Gasteiger partial charge in [0, 0.05) is 29.8 Å². The Hall–Kier alpha value is -3.82. The maximum atomic E-state index is 14.4. The molecule has 0 spiro atoms. The number of aryl methyl sites for hydroxylation is 1. The fourth-order valence-corrected chi connectivity index (χ4v) is 3.70. The largest absolute Gasteiger partial charge is 0.482 e. The molecule has 2 aliphatic rings. The van der Waals surface area contributed by atoms with Crippen LogP contribution in [0, 0.1) is 6.92 Å². The molecule has 4 amide bonds. The molecular weight excluding hydrogens is 424 g/mol. The van der Waals surface area contributed by atoms with Crippen LogP contribution in [-0.4, -0.2) is 40.7 Å². The van der Waals surface area contributed by atoms with E-state index in [1.807, 2.05) is 0 Å². The highest BCUT2D eigenvalue weighted by Crippen LogP contribution is 2.33. The van der Waals surface area contributed by atoms with Crippen molar-refractivity contribution in [3.63, 3.8) is 0 Å². The molecule has 166 valence electrons. The lowest BCUT2D eigenvalue weighted by Gasteiger charge is -2.29. The first-order valence-electron chi connectivity index (χ1n) is 9.87. The third kappa shape index (κ3) is 4.03. The van der Waals surface area contributed by atoms with Gasteiger partial charge in [-0.05, 0) is 37.6 Å². The lowest BCUT2D eigenvalue weighted by Crippen LogP contribution is -2.52. The molecule has 2 aliphatic heterocycles. The SMILES string of the molecule is Cc1ccc(OC(F)(F)C(=O)Nc2cccc3c2CN(C2CCC(=O)NC2=O)C3=O)cc1. The molecule has 4 rings (SSSR count). The topological polar surface area (TPSA) is 105 Å². The molecule has 0 bridgehead atoms. The smallest absolute Gasteiger partial charge is 0.425 e. The zero-order chi connectivity index (χ0) is 23.0. The molecule has 1 atom stereocenters. The maximum absolute atomic E-state index is 14.4. The second kappa shape index (κ2) is 8.03. The number of carbonyl (C=O) groups excluding carboxylic acids is 4.